The third-order valence-corrected chi connectivity index (χ3v) is 55.5. The predicted octanol–water partition coefficient (Wildman–Crippen LogP) is 38.4. The molecule has 0 aromatic heterocycles. The second kappa shape index (κ2) is 42.6. The molecule has 822 valence electrons. The molecule has 4 saturated heterocycles. The molecule has 0 bridgehead atoms. The van der Waals surface area contributed by atoms with E-state index in [-0.39, 0.29) is 0 Å². The summed E-state index contributed by atoms with van der Waals surface area (Å²) < 4.78 is 0. The summed E-state index contributed by atoms with van der Waals surface area (Å²) in [6.45, 7) is 62.7. The molecule has 4 aliphatic heterocycles. The van der Waals surface area contributed by atoms with Crippen LogP contribution < -0.4 is 0 Å². The number of nitrogens with zero attached hydrogens (tertiary/aromatic N) is 4. The first-order valence-corrected chi connectivity index (χ1v) is 67.4. The molecule has 22 rings (SSSR count). The van der Waals surface area contributed by atoms with Crippen LogP contribution in [-0.4, -0.2) is 92.1 Å². The third-order valence-electron chi connectivity index (χ3n) is 55.5. The lowest BCUT2D eigenvalue weighted by Gasteiger charge is -2.55. The predicted molar refractivity (Wildman–Crippen MR) is 613 cm³/mol. The average Bonchev–Trinajstić information content (AvgIpc) is 1.58. The maximum atomic E-state index is 3.78. The van der Waals surface area contributed by atoms with Gasteiger partial charge in [0.15, 0.2) is 0 Å². The van der Waals surface area contributed by atoms with E-state index in [1.807, 2.05) is 0 Å². The van der Waals surface area contributed by atoms with Gasteiger partial charge in [-0.15, -0.1) is 0 Å². The van der Waals surface area contributed by atoms with Gasteiger partial charge in [0.1, 0.15) is 0 Å². The molecule has 0 radical (unpaired) electrons. The van der Waals surface area contributed by atoms with E-state index in [1.165, 1.54) is 103 Å². The second-order valence-corrected chi connectivity index (χ2v) is 69.6. The van der Waals surface area contributed by atoms with Crippen LogP contribution in [0.15, 0.2) is 0 Å². The summed E-state index contributed by atoms with van der Waals surface area (Å²) in [5, 5.41) is 0. The van der Waals surface area contributed by atoms with Crippen LogP contribution in [0.25, 0.3) is 0 Å². The Morgan fingerprint density at radius 3 is 0.312 bits per heavy atom. The van der Waals surface area contributed by atoms with Crippen LogP contribution in [0.5, 0.6) is 0 Å². The minimum absolute atomic E-state index is 0.456. The topological polar surface area (TPSA) is 13.0 Å². The molecule has 28 unspecified atom stereocenters. The smallest absolute Gasteiger partial charge is 0.0133 e. The third kappa shape index (κ3) is 22.2. The highest BCUT2D eigenvalue weighted by molar-refractivity contribution is 5.19. The summed E-state index contributed by atoms with van der Waals surface area (Å²) in [4.78, 5) is 15.1. The Hall–Kier alpha value is -0.160. The fourth-order valence-corrected chi connectivity index (χ4v) is 47.0. The van der Waals surface area contributed by atoms with Gasteiger partial charge >= 0.3 is 0 Å². The van der Waals surface area contributed by atoms with Crippen LogP contribution >= 0.6 is 0 Å². The Kier molecular flexibility index (Phi) is 31.9. The van der Waals surface area contributed by atoms with Gasteiger partial charge < -0.3 is 0 Å². The summed E-state index contributed by atoms with van der Waals surface area (Å²) in [6, 6.07) is 9.87. The monoisotopic (exact) mass is 1980 g/mol. The standard InChI is InChI=1S/C140H242N4/c1-133(2,3)105-49-25-87(26-50-105)95-41-65-125-117(77-95)118-78-96(88-27-51-106(52-28-88)134(4,5)6)42-66-126(118)141(125)113-73-103(74-114(85-113)142-127-67-43-97(89-29-53-107(54-30-89)135(7,8)9)79-119(127)120-80-98(44-68-128(120)142)90-31-55-108(56-32-90)136(10,11)12)104-75-115(143-129-69-45-99(91-33-57-109(58-34-91)137(13,14)15)81-121(129)122-82-100(46-70-130(122)143)92-35-59-110(60-36-92)138(16,17)18)86-116(76-104)144-131-71-47-101(93-37-61-111(62-38-93)139(19,20)21)83-123(131)124-84-102(48-72-132(124)144)94-39-63-112(64-40-94)140(22,23)24/h87-132H,25-86H2,1-24H3. The zero-order chi connectivity index (χ0) is 101. The SMILES string of the molecule is CC(C)(C)C1CCC(C2CCC3C(C2)C2CC(C4CCC(C(C)(C)C)CC4)CCC2N3C2CC(C3CC(N4C5CCC(C6CCC(C(C)(C)C)CC6)CC5C5CC(C6CCC(C(C)(C)C)CC6)CCC54)CC(N4C5CCC(C6CCC(C(C)(C)C)CC6)CC5C5CC(C6CCC(C(C)(C)C)CC6)CCC54)C3)CC(N3C4CCC(C5CCC(C(C)(C)C)CC5)CC4C4CC(C5CCC(C(C)(C)C)CC5)CCC43)C2)CC1. The second-order valence-electron chi connectivity index (χ2n) is 69.6. The molecule has 22 fully saturated rings. The molecule has 0 spiro atoms. The molecule has 18 saturated carbocycles. The molecule has 0 aromatic carbocycles. The van der Waals surface area contributed by atoms with E-state index in [0.29, 0.717) is 43.3 Å². The minimum Gasteiger partial charge on any atom is -0.294 e. The Morgan fingerprint density at radius 1 is 0.104 bits per heavy atom. The molecule has 4 nitrogen and oxygen atoms in total. The zero-order valence-corrected chi connectivity index (χ0v) is 100. The van der Waals surface area contributed by atoms with Crippen molar-refractivity contribution in [1.29, 1.82) is 0 Å². The van der Waals surface area contributed by atoms with E-state index in [0.717, 1.165) is 274 Å². The molecular weight excluding hydrogens is 1740 g/mol. The van der Waals surface area contributed by atoms with Gasteiger partial charge in [-0.2, -0.15) is 0 Å². The summed E-state index contributed by atoms with van der Waals surface area (Å²) in [5.41, 5.74) is 3.64. The van der Waals surface area contributed by atoms with Crippen LogP contribution in [-0.2, 0) is 0 Å². The number of fused-ring (bicyclic) bond motifs is 12. The first-order valence-electron chi connectivity index (χ1n) is 67.4. The molecule has 28 atom stereocenters. The van der Waals surface area contributed by atoms with E-state index < -0.39 is 0 Å². The van der Waals surface area contributed by atoms with E-state index >= 15 is 0 Å². The van der Waals surface area contributed by atoms with Crippen molar-refractivity contribution in [2.45, 2.75) is 637 Å². The van der Waals surface area contributed by atoms with Gasteiger partial charge in [0.2, 0.25) is 0 Å². The van der Waals surface area contributed by atoms with Gasteiger partial charge in [-0.05, 0) is 643 Å². The minimum atomic E-state index is 0.456. The maximum Gasteiger partial charge on any atom is 0.0133 e. The van der Waals surface area contributed by atoms with Crippen LogP contribution in [0.1, 0.15) is 564 Å². The van der Waals surface area contributed by atoms with Crippen molar-refractivity contribution < 1.29 is 0 Å². The normalized spacial score (nSPS) is 49.5. The van der Waals surface area contributed by atoms with E-state index in [2.05, 4.69) is 186 Å². The molecule has 0 amide bonds. The fourth-order valence-electron chi connectivity index (χ4n) is 47.0. The van der Waals surface area contributed by atoms with Crippen molar-refractivity contribution in [1.82, 2.24) is 19.6 Å². The van der Waals surface area contributed by atoms with Crippen LogP contribution in [0.4, 0.5) is 0 Å². The van der Waals surface area contributed by atoms with Gasteiger partial charge in [-0.1, -0.05) is 166 Å². The van der Waals surface area contributed by atoms with E-state index in [4.69, 9.17) is 0 Å². The lowest BCUT2D eigenvalue weighted by Crippen LogP contribution is -2.59. The lowest BCUT2D eigenvalue weighted by atomic mass is 9.60. The van der Waals surface area contributed by atoms with Crippen LogP contribution in [0.2, 0.25) is 0 Å². The van der Waals surface area contributed by atoms with Crippen molar-refractivity contribution in [3.8, 4) is 0 Å². The average molecular weight is 1980 g/mol. The number of hydrogen-bond donors (Lipinski definition) is 0. The first kappa shape index (κ1) is 108. The van der Waals surface area contributed by atoms with Crippen molar-refractivity contribution in [2.75, 3.05) is 0 Å². The highest BCUT2D eigenvalue weighted by Gasteiger charge is 2.66. The van der Waals surface area contributed by atoms with Crippen molar-refractivity contribution >= 4 is 0 Å². The van der Waals surface area contributed by atoms with Gasteiger partial charge in [-0.3, -0.25) is 19.6 Å². The van der Waals surface area contributed by atoms with Crippen molar-refractivity contribution in [3.05, 3.63) is 0 Å². The molecule has 18 aliphatic carbocycles. The number of rotatable bonds is 13. The van der Waals surface area contributed by atoms with E-state index in [9.17, 15) is 0 Å². The first-order chi connectivity index (χ1) is 68.3. The summed E-state index contributed by atoms with van der Waals surface area (Å²) in [7, 11) is 0. The number of likely N-dealkylation sites (tertiary alicyclic amines) is 4. The summed E-state index contributed by atoms with van der Waals surface area (Å²) >= 11 is 0. The Balaban J connectivity index is 0.646. The van der Waals surface area contributed by atoms with Crippen LogP contribution in [0.3, 0.4) is 0 Å². The molecular formula is C140H242N4. The van der Waals surface area contributed by atoms with Gasteiger partial charge in [0, 0.05) is 72.5 Å². The van der Waals surface area contributed by atoms with Gasteiger partial charge in [-0.25, -0.2) is 0 Å². The highest BCUT2D eigenvalue weighted by atomic mass is 15.3. The lowest BCUT2D eigenvalue weighted by molar-refractivity contribution is -0.0559. The van der Waals surface area contributed by atoms with Crippen molar-refractivity contribution in [3.63, 3.8) is 0 Å². The summed E-state index contributed by atoms with van der Waals surface area (Å²) in [6.07, 6.45) is 96.5. The summed E-state index contributed by atoms with van der Waals surface area (Å²) in [5.74, 6) is 32.5. The molecule has 4 heterocycles. The molecule has 0 N–H and O–H groups in total. The largest absolute Gasteiger partial charge is 0.294 e. The van der Waals surface area contributed by atoms with Crippen molar-refractivity contribution in [2.24, 2.45) is 245 Å². The maximum absolute atomic E-state index is 3.78. The molecule has 4 heteroatoms. The van der Waals surface area contributed by atoms with Gasteiger partial charge in [0.05, 0.1) is 0 Å². The Labute approximate surface area is 894 Å². The Bertz CT molecular complexity index is 3310. The fraction of sp³-hybridized carbons (Fsp3) is 1.00. The zero-order valence-electron chi connectivity index (χ0n) is 100. The molecule has 22 aliphatic rings. The number of hydrogen-bond acceptors (Lipinski definition) is 4. The Morgan fingerprint density at radius 2 is 0.208 bits per heavy atom. The van der Waals surface area contributed by atoms with E-state index in [1.54, 1.807) is 295 Å². The van der Waals surface area contributed by atoms with Gasteiger partial charge in [0.25, 0.3) is 0 Å². The molecule has 0 aromatic rings. The van der Waals surface area contributed by atoms with Crippen LogP contribution in [0, 0.1) is 245 Å². The molecule has 144 heavy (non-hydrogen) atoms. The highest BCUT2D eigenvalue weighted by Crippen LogP contribution is 2.68. The quantitative estimate of drug-likeness (QED) is 0.182.